The number of nitrogens with one attached hydrogen (secondary N) is 2. The third-order valence-corrected chi connectivity index (χ3v) is 2.22. The molecule has 7 heteroatoms. The summed E-state index contributed by atoms with van der Waals surface area (Å²) in [4.78, 5) is 26.0. The van der Waals surface area contributed by atoms with E-state index in [0.29, 0.717) is 16.8 Å². The Morgan fingerprint density at radius 2 is 2.31 bits per heavy atom. The van der Waals surface area contributed by atoms with Gasteiger partial charge < -0.3 is 4.42 Å². The number of amides is 2. The number of benzene rings is 1. The normalized spacial score (nSPS) is 10.4. The molecule has 1 heterocycles. The van der Waals surface area contributed by atoms with E-state index in [1.54, 1.807) is 25.2 Å². The summed E-state index contributed by atoms with van der Waals surface area (Å²) in [6.45, 7) is 0. The highest BCUT2D eigenvalue weighted by Crippen LogP contribution is 2.19. The molecule has 84 valence electrons. The van der Waals surface area contributed by atoms with E-state index in [9.17, 15) is 9.59 Å². The van der Waals surface area contributed by atoms with E-state index in [1.165, 1.54) is 4.90 Å². The van der Waals surface area contributed by atoms with E-state index >= 15 is 0 Å². The number of hydrogen-bond donors (Lipinski definition) is 3. The molecule has 0 unspecified atom stereocenters. The molecule has 0 saturated heterocycles. The Bertz CT molecular complexity index is 586. The van der Waals surface area contributed by atoms with Crippen LogP contribution in [0.15, 0.2) is 27.4 Å². The van der Waals surface area contributed by atoms with E-state index < -0.39 is 11.8 Å². The lowest BCUT2D eigenvalue weighted by atomic mass is 10.3. The van der Waals surface area contributed by atoms with Gasteiger partial charge in [-0.15, -0.1) is 0 Å². The van der Waals surface area contributed by atoms with Crippen molar-refractivity contribution in [2.75, 3.05) is 11.9 Å². The summed E-state index contributed by atoms with van der Waals surface area (Å²) < 4.78 is 4.87. The van der Waals surface area contributed by atoms with Crippen molar-refractivity contribution in [3.63, 3.8) is 0 Å². The summed E-state index contributed by atoms with van der Waals surface area (Å²) in [5, 5.41) is 0. The number of oxazole rings is 1. The first-order chi connectivity index (χ1) is 7.61. The summed E-state index contributed by atoms with van der Waals surface area (Å²) in [5.41, 5.74) is 3.54. The van der Waals surface area contributed by atoms with Crippen molar-refractivity contribution < 1.29 is 9.21 Å². The number of carbonyl (C=O) groups is 1. The second kappa shape index (κ2) is 3.70. The molecule has 1 aromatic carbocycles. The molecule has 16 heavy (non-hydrogen) atoms. The Labute approximate surface area is 89.8 Å². The largest absolute Gasteiger partial charge is 0.417 e. The minimum Gasteiger partial charge on any atom is -0.408 e. The summed E-state index contributed by atoms with van der Waals surface area (Å²) in [6.07, 6.45) is 0. The highest BCUT2D eigenvalue weighted by atomic mass is 16.4. The molecule has 0 fully saturated rings. The quantitative estimate of drug-likeness (QED) is 0.362. The molecule has 0 aliphatic carbocycles. The highest BCUT2D eigenvalue weighted by molar-refractivity contribution is 5.92. The van der Waals surface area contributed by atoms with Gasteiger partial charge in [0.1, 0.15) is 0 Å². The average Bonchev–Trinajstić information content (AvgIpc) is 2.65. The van der Waals surface area contributed by atoms with E-state index in [4.69, 9.17) is 10.3 Å². The molecule has 0 spiro atoms. The topological polar surface area (TPSA) is 104 Å². The Morgan fingerprint density at radius 3 is 3.00 bits per heavy atom. The van der Waals surface area contributed by atoms with Crippen molar-refractivity contribution >= 4 is 22.8 Å². The number of carbonyl (C=O) groups excluding carboxylic acids is 1. The molecule has 0 bridgehead atoms. The molecule has 2 aromatic rings. The number of aromatic nitrogens is 1. The van der Waals surface area contributed by atoms with Crippen LogP contribution in [-0.2, 0) is 0 Å². The van der Waals surface area contributed by atoms with Crippen LogP contribution in [0.3, 0.4) is 0 Å². The van der Waals surface area contributed by atoms with Gasteiger partial charge in [-0.1, -0.05) is 0 Å². The van der Waals surface area contributed by atoms with E-state index in [0.717, 1.165) is 0 Å². The van der Waals surface area contributed by atoms with Crippen molar-refractivity contribution in [1.29, 1.82) is 0 Å². The fraction of sp³-hybridized carbons (Fsp3) is 0.111. The minimum absolute atomic E-state index is 0.388. The maximum Gasteiger partial charge on any atom is 0.417 e. The number of urea groups is 1. The van der Waals surface area contributed by atoms with Crippen molar-refractivity contribution in [2.45, 2.75) is 0 Å². The van der Waals surface area contributed by atoms with Gasteiger partial charge in [0.25, 0.3) is 0 Å². The summed E-state index contributed by atoms with van der Waals surface area (Å²) in [7, 11) is 1.55. The van der Waals surface area contributed by atoms with Gasteiger partial charge in [-0.05, 0) is 12.1 Å². The predicted octanol–water partition coefficient (Wildman–Crippen LogP) is 0.141. The number of fused-ring (bicyclic) bond motifs is 1. The van der Waals surface area contributed by atoms with Gasteiger partial charge in [0.2, 0.25) is 0 Å². The molecule has 0 radical (unpaired) electrons. The first-order valence-corrected chi connectivity index (χ1v) is 4.49. The standard InChI is InChI=1S/C9H10N4O3/c1-13(8(14)12-10)5-2-3-6-7(4-5)16-9(15)11-6/h2-4H,10H2,1H3,(H,11,15)(H,12,14). The van der Waals surface area contributed by atoms with Gasteiger partial charge in [0, 0.05) is 18.8 Å². The van der Waals surface area contributed by atoms with Crippen molar-refractivity contribution in [3.8, 4) is 0 Å². The Hall–Kier alpha value is -2.28. The second-order valence-electron chi connectivity index (χ2n) is 3.20. The minimum atomic E-state index is -0.530. The molecule has 4 N–H and O–H groups in total. The molecule has 0 aliphatic rings. The van der Waals surface area contributed by atoms with Crippen LogP contribution in [0.2, 0.25) is 0 Å². The zero-order chi connectivity index (χ0) is 11.7. The fourth-order valence-corrected chi connectivity index (χ4v) is 1.36. The van der Waals surface area contributed by atoms with Crippen LogP contribution in [0.25, 0.3) is 11.1 Å². The smallest absolute Gasteiger partial charge is 0.408 e. The van der Waals surface area contributed by atoms with Crippen LogP contribution in [0, 0.1) is 0 Å². The summed E-state index contributed by atoms with van der Waals surface area (Å²) in [6, 6.07) is 4.43. The first kappa shape index (κ1) is 10.2. The maximum atomic E-state index is 11.2. The molecule has 2 amide bonds. The van der Waals surface area contributed by atoms with Gasteiger partial charge in [-0.25, -0.2) is 15.4 Å². The average molecular weight is 222 g/mol. The van der Waals surface area contributed by atoms with Crippen molar-refractivity contribution in [2.24, 2.45) is 5.84 Å². The third-order valence-electron chi connectivity index (χ3n) is 2.22. The van der Waals surface area contributed by atoms with Gasteiger partial charge in [-0.3, -0.25) is 15.3 Å². The molecule has 0 saturated carbocycles. The number of anilines is 1. The van der Waals surface area contributed by atoms with Gasteiger partial charge in [0.05, 0.1) is 5.52 Å². The number of hydrazine groups is 1. The number of rotatable bonds is 1. The van der Waals surface area contributed by atoms with E-state index in [1.807, 2.05) is 5.43 Å². The van der Waals surface area contributed by atoms with E-state index in [-0.39, 0.29) is 0 Å². The van der Waals surface area contributed by atoms with Crippen LogP contribution in [-0.4, -0.2) is 18.1 Å². The van der Waals surface area contributed by atoms with Crippen LogP contribution in [0.4, 0.5) is 10.5 Å². The molecule has 1 aromatic heterocycles. The molecular weight excluding hydrogens is 212 g/mol. The first-order valence-electron chi connectivity index (χ1n) is 4.49. The van der Waals surface area contributed by atoms with Gasteiger partial charge in [-0.2, -0.15) is 0 Å². The maximum absolute atomic E-state index is 11.2. The summed E-state index contributed by atoms with van der Waals surface area (Å²) in [5.74, 6) is 4.48. The lowest BCUT2D eigenvalue weighted by Crippen LogP contribution is -2.41. The van der Waals surface area contributed by atoms with Crippen LogP contribution < -0.4 is 21.9 Å². The van der Waals surface area contributed by atoms with Crippen LogP contribution in [0.5, 0.6) is 0 Å². The number of nitrogens with zero attached hydrogens (tertiary/aromatic N) is 1. The molecule has 2 rings (SSSR count). The number of aromatic amines is 1. The van der Waals surface area contributed by atoms with Crippen molar-refractivity contribution in [3.05, 3.63) is 28.7 Å². The Morgan fingerprint density at radius 1 is 1.56 bits per heavy atom. The SMILES string of the molecule is CN(C(=O)NN)c1ccc2[nH]c(=O)oc2c1. The molecule has 0 aliphatic heterocycles. The van der Waals surface area contributed by atoms with Crippen LogP contribution in [0.1, 0.15) is 0 Å². The lowest BCUT2D eigenvalue weighted by molar-refractivity contribution is 0.248. The number of hydrogen-bond acceptors (Lipinski definition) is 4. The monoisotopic (exact) mass is 222 g/mol. The fourth-order valence-electron chi connectivity index (χ4n) is 1.36. The highest BCUT2D eigenvalue weighted by Gasteiger charge is 2.10. The zero-order valence-electron chi connectivity index (χ0n) is 8.48. The Kier molecular flexibility index (Phi) is 2.37. The second-order valence-corrected chi connectivity index (χ2v) is 3.20. The zero-order valence-corrected chi connectivity index (χ0v) is 8.48. The molecular formula is C9H10N4O3. The van der Waals surface area contributed by atoms with Crippen molar-refractivity contribution in [1.82, 2.24) is 10.4 Å². The number of nitrogens with two attached hydrogens (primary N) is 1. The molecule has 7 nitrogen and oxygen atoms in total. The lowest BCUT2D eigenvalue weighted by Gasteiger charge is -2.15. The Balaban J connectivity index is 2.46. The predicted molar refractivity (Wildman–Crippen MR) is 58.0 cm³/mol. The van der Waals surface area contributed by atoms with Gasteiger partial charge >= 0.3 is 11.8 Å². The summed E-state index contributed by atoms with van der Waals surface area (Å²) >= 11 is 0. The molecule has 0 atom stereocenters. The number of H-pyrrole nitrogens is 1. The van der Waals surface area contributed by atoms with Gasteiger partial charge in [0.15, 0.2) is 5.58 Å². The van der Waals surface area contributed by atoms with Crippen LogP contribution >= 0.6 is 0 Å². The third kappa shape index (κ3) is 1.63. The van der Waals surface area contributed by atoms with E-state index in [2.05, 4.69) is 4.98 Å².